The molecule has 0 radical (unpaired) electrons. The van der Waals surface area contributed by atoms with Crippen LogP contribution in [0, 0.1) is 20.8 Å². The van der Waals surface area contributed by atoms with E-state index < -0.39 is 0 Å². The highest BCUT2D eigenvalue weighted by Crippen LogP contribution is 2.45. The number of aromatic nitrogens is 3. The molecule has 2 aromatic heterocycles. The Labute approximate surface area is 246 Å². The van der Waals surface area contributed by atoms with Crippen molar-refractivity contribution in [1.29, 1.82) is 0 Å². The fourth-order valence-corrected chi connectivity index (χ4v) is 5.87. The standard InChI is InChI=1S/C36H31N5O/c1-25-18-26(2)35(27(3)19-25)40-24-39(34-16-9-17-37-36(34)40)30-12-7-14-32(20-30)42-33-15-8-13-31(21-33)41-23-29(22-38-41)28-10-5-4-6-11-28/h4-23H,24H2,1-3H3. The smallest absolute Gasteiger partial charge is 0.158 e. The molecule has 0 bridgehead atoms. The highest BCUT2D eigenvalue weighted by atomic mass is 16.5. The zero-order valence-electron chi connectivity index (χ0n) is 23.9. The molecule has 6 aromatic rings. The summed E-state index contributed by atoms with van der Waals surface area (Å²) in [6, 6.07) is 35.1. The van der Waals surface area contributed by atoms with E-state index in [-0.39, 0.29) is 0 Å². The lowest BCUT2D eigenvalue weighted by Crippen LogP contribution is -2.25. The van der Waals surface area contributed by atoms with Gasteiger partial charge in [0.25, 0.3) is 0 Å². The van der Waals surface area contributed by atoms with Crippen molar-refractivity contribution in [1.82, 2.24) is 14.8 Å². The van der Waals surface area contributed by atoms with E-state index >= 15 is 0 Å². The van der Waals surface area contributed by atoms with Gasteiger partial charge in [0.05, 0.1) is 23.3 Å². The first-order chi connectivity index (χ1) is 20.5. The van der Waals surface area contributed by atoms with E-state index in [1.165, 1.54) is 22.4 Å². The molecule has 0 amide bonds. The number of hydrogen-bond donors (Lipinski definition) is 0. The normalized spacial score (nSPS) is 12.5. The zero-order chi connectivity index (χ0) is 28.6. The molecule has 7 rings (SSSR count). The number of hydrogen-bond acceptors (Lipinski definition) is 5. The molecule has 3 heterocycles. The quantitative estimate of drug-likeness (QED) is 0.208. The summed E-state index contributed by atoms with van der Waals surface area (Å²) in [5, 5.41) is 4.59. The molecular weight excluding hydrogens is 518 g/mol. The number of nitrogens with zero attached hydrogens (tertiary/aromatic N) is 5. The van der Waals surface area contributed by atoms with Crippen molar-refractivity contribution in [2.45, 2.75) is 20.8 Å². The lowest BCUT2D eigenvalue weighted by Gasteiger charge is -2.25. The molecular formula is C36H31N5O. The molecule has 0 saturated carbocycles. The van der Waals surface area contributed by atoms with Crippen LogP contribution >= 0.6 is 0 Å². The fourth-order valence-electron chi connectivity index (χ4n) is 5.87. The first-order valence-electron chi connectivity index (χ1n) is 14.1. The largest absolute Gasteiger partial charge is 0.457 e. The van der Waals surface area contributed by atoms with Crippen LogP contribution in [0.2, 0.25) is 0 Å². The molecule has 0 atom stereocenters. The third-order valence-corrected chi connectivity index (χ3v) is 7.64. The average Bonchev–Trinajstić information content (AvgIpc) is 3.64. The number of anilines is 4. The van der Waals surface area contributed by atoms with Gasteiger partial charge in [-0.25, -0.2) is 9.67 Å². The van der Waals surface area contributed by atoms with Crippen molar-refractivity contribution in [3.63, 3.8) is 0 Å². The van der Waals surface area contributed by atoms with E-state index in [2.05, 4.69) is 78.1 Å². The maximum Gasteiger partial charge on any atom is 0.158 e. The second-order valence-electron chi connectivity index (χ2n) is 10.7. The minimum Gasteiger partial charge on any atom is -0.457 e. The van der Waals surface area contributed by atoms with Gasteiger partial charge in [0.2, 0.25) is 0 Å². The number of fused-ring (bicyclic) bond motifs is 1. The van der Waals surface area contributed by atoms with Gasteiger partial charge in [0.15, 0.2) is 5.82 Å². The van der Waals surface area contributed by atoms with Crippen molar-refractivity contribution >= 4 is 22.9 Å². The van der Waals surface area contributed by atoms with E-state index in [4.69, 9.17) is 9.72 Å². The van der Waals surface area contributed by atoms with E-state index in [0.29, 0.717) is 6.67 Å². The Hall–Kier alpha value is -5.36. The Bertz CT molecular complexity index is 1870. The van der Waals surface area contributed by atoms with Crippen LogP contribution in [0.4, 0.5) is 22.9 Å². The van der Waals surface area contributed by atoms with Crippen molar-refractivity contribution < 1.29 is 4.74 Å². The van der Waals surface area contributed by atoms with Crippen LogP contribution in [-0.4, -0.2) is 21.4 Å². The van der Waals surface area contributed by atoms with Crippen LogP contribution in [0.5, 0.6) is 11.5 Å². The Kier molecular flexibility index (Phi) is 6.44. The Morgan fingerprint density at radius 1 is 0.667 bits per heavy atom. The summed E-state index contributed by atoms with van der Waals surface area (Å²) in [4.78, 5) is 9.39. The first-order valence-corrected chi connectivity index (χ1v) is 14.1. The Balaban J connectivity index is 1.16. The lowest BCUT2D eigenvalue weighted by molar-refractivity contribution is 0.482. The summed E-state index contributed by atoms with van der Waals surface area (Å²) in [6.45, 7) is 7.16. The maximum absolute atomic E-state index is 6.39. The number of aryl methyl sites for hydroxylation is 3. The summed E-state index contributed by atoms with van der Waals surface area (Å²) in [7, 11) is 0. The monoisotopic (exact) mass is 549 g/mol. The molecule has 0 saturated heterocycles. The number of benzene rings is 4. The van der Waals surface area contributed by atoms with Crippen LogP contribution in [-0.2, 0) is 0 Å². The van der Waals surface area contributed by atoms with E-state index in [9.17, 15) is 0 Å². The van der Waals surface area contributed by atoms with E-state index in [1.54, 1.807) is 0 Å². The van der Waals surface area contributed by atoms with E-state index in [1.807, 2.05) is 83.9 Å². The van der Waals surface area contributed by atoms with Crippen LogP contribution < -0.4 is 14.5 Å². The number of pyridine rings is 1. The van der Waals surface area contributed by atoms with Crippen LogP contribution in [0.3, 0.4) is 0 Å². The summed E-state index contributed by atoms with van der Waals surface area (Å²) in [5.74, 6) is 2.47. The molecule has 0 spiro atoms. The highest BCUT2D eigenvalue weighted by molar-refractivity contribution is 5.86. The van der Waals surface area contributed by atoms with Crippen molar-refractivity contribution in [3.8, 4) is 28.3 Å². The van der Waals surface area contributed by atoms with Gasteiger partial charge >= 0.3 is 0 Å². The molecule has 0 fully saturated rings. The van der Waals surface area contributed by atoms with Crippen LogP contribution in [0.25, 0.3) is 16.8 Å². The van der Waals surface area contributed by atoms with Crippen molar-refractivity contribution in [2.24, 2.45) is 0 Å². The number of ether oxygens (including phenoxy) is 1. The second-order valence-corrected chi connectivity index (χ2v) is 10.7. The topological polar surface area (TPSA) is 46.4 Å². The fraction of sp³-hybridized carbons (Fsp3) is 0.111. The van der Waals surface area contributed by atoms with Crippen LogP contribution in [0.15, 0.2) is 122 Å². The summed E-state index contributed by atoms with van der Waals surface area (Å²) in [6.07, 6.45) is 5.79. The van der Waals surface area contributed by atoms with E-state index in [0.717, 1.165) is 45.5 Å². The molecule has 0 unspecified atom stereocenters. The molecule has 1 aliphatic rings. The Morgan fingerprint density at radius 2 is 1.38 bits per heavy atom. The van der Waals surface area contributed by atoms with Gasteiger partial charge in [0.1, 0.15) is 18.2 Å². The molecule has 6 heteroatoms. The predicted molar refractivity (Wildman–Crippen MR) is 170 cm³/mol. The minimum absolute atomic E-state index is 0.666. The molecule has 6 nitrogen and oxygen atoms in total. The third-order valence-electron chi connectivity index (χ3n) is 7.64. The highest BCUT2D eigenvalue weighted by Gasteiger charge is 2.31. The van der Waals surface area contributed by atoms with Crippen molar-refractivity contribution in [3.05, 3.63) is 138 Å². The van der Waals surface area contributed by atoms with Gasteiger partial charge in [-0.1, -0.05) is 60.2 Å². The zero-order valence-corrected chi connectivity index (χ0v) is 23.9. The molecule has 206 valence electrons. The van der Waals surface area contributed by atoms with Crippen LogP contribution in [0.1, 0.15) is 16.7 Å². The summed E-state index contributed by atoms with van der Waals surface area (Å²) >= 11 is 0. The van der Waals surface area contributed by atoms with Gasteiger partial charge in [-0.3, -0.25) is 0 Å². The van der Waals surface area contributed by atoms with Gasteiger partial charge in [0, 0.05) is 35.8 Å². The lowest BCUT2D eigenvalue weighted by atomic mass is 10.0. The number of rotatable bonds is 6. The molecule has 42 heavy (non-hydrogen) atoms. The summed E-state index contributed by atoms with van der Waals surface area (Å²) < 4.78 is 8.26. The maximum atomic E-state index is 6.39. The van der Waals surface area contributed by atoms with Gasteiger partial charge in [-0.2, -0.15) is 5.10 Å². The van der Waals surface area contributed by atoms with Gasteiger partial charge in [-0.15, -0.1) is 0 Å². The minimum atomic E-state index is 0.666. The molecule has 4 aromatic carbocycles. The first kappa shape index (κ1) is 25.6. The summed E-state index contributed by atoms with van der Waals surface area (Å²) in [5.41, 5.74) is 10.2. The Morgan fingerprint density at radius 3 is 2.14 bits per heavy atom. The van der Waals surface area contributed by atoms with Gasteiger partial charge in [-0.05, 0) is 73.9 Å². The van der Waals surface area contributed by atoms with Crippen molar-refractivity contribution in [2.75, 3.05) is 16.5 Å². The predicted octanol–water partition coefficient (Wildman–Crippen LogP) is 8.90. The average molecular weight is 550 g/mol. The molecule has 0 aliphatic carbocycles. The molecule has 1 aliphatic heterocycles. The van der Waals surface area contributed by atoms with Gasteiger partial charge < -0.3 is 14.5 Å². The SMILES string of the molecule is Cc1cc(C)c(N2CN(c3cccc(Oc4cccc(-n5cc(-c6ccccc6)cn5)c4)c3)c3cccnc32)c(C)c1. The third kappa shape index (κ3) is 4.77. The second kappa shape index (κ2) is 10.6. The molecule has 0 N–H and O–H groups in total.